The molecule has 2 amide bonds. The van der Waals surface area contributed by atoms with Crippen LogP contribution in [0.1, 0.15) is 39.2 Å². The van der Waals surface area contributed by atoms with Crippen LogP contribution in [0.15, 0.2) is 35.7 Å². The van der Waals surface area contributed by atoms with E-state index in [1.165, 1.54) is 10.4 Å². The Kier molecular flexibility index (Phi) is 5.43. The average molecular weight is 398 g/mol. The summed E-state index contributed by atoms with van der Waals surface area (Å²) in [6.45, 7) is 2.34. The van der Waals surface area contributed by atoms with Crippen LogP contribution in [0.3, 0.4) is 0 Å². The Morgan fingerprint density at radius 2 is 1.89 bits per heavy atom. The minimum atomic E-state index is -0.509. The molecule has 1 fully saturated rings. The van der Waals surface area contributed by atoms with Crippen molar-refractivity contribution in [2.24, 2.45) is 0 Å². The second-order valence-electron chi connectivity index (χ2n) is 7.13. The summed E-state index contributed by atoms with van der Waals surface area (Å²) in [6.07, 6.45) is 2.37. The smallest absolute Gasteiger partial charge is 0.338 e. The Morgan fingerprint density at radius 3 is 2.64 bits per heavy atom. The molecule has 0 spiro atoms. The summed E-state index contributed by atoms with van der Waals surface area (Å²) in [5, 5.41) is 2.04. The maximum atomic E-state index is 12.4. The molecule has 4 rings (SSSR count). The van der Waals surface area contributed by atoms with Gasteiger partial charge in [-0.1, -0.05) is 12.1 Å². The van der Waals surface area contributed by atoms with E-state index in [1.807, 2.05) is 28.5 Å². The van der Waals surface area contributed by atoms with Gasteiger partial charge in [-0.2, -0.15) is 0 Å². The number of rotatable bonds is 5. The van der Waals surface area contributed by atoms with Gasteiger partial charge in [0.25, 0.3) is 5.91 Å². The van der Waals surface area contributed by atoms with Gasteiger partial charge in [0, 0.05) is 37.5 Å². The van der Waals surface area contributed by atoms with Gasteiger partial charge < -0.3 is 14.5 Å². The van der Waals surface area contributed by atoms with Crippen LogP contribution in [0.2, 0.25) is 0 Å². The van der Waals surface area contributed by atoms with Crippen LogP contribution in [0, 0.1) is 0 Å². The van der Waals surface area contributed by atoms with Crippen LogP contribution in [-0.4, -0.2) is 47.3 Å². The maximum Gasteiger partial charge on any atom is 0.338 e. The molecular weight excluding hydrogens is 376 g/mol. The fourth-order valence-corrected chi connectivity index (χ4v) is 4.49. The van der Waals surface area contributed by atoms with Crippen molar-refractivity contribution in [3.05, 3.63) is 57.3 Å². The molecule has 0 saturated carbocycles. The van der Waals surface area contributed by atoms with Gasteiger partial charge in [-0.25, -0.2) is 4.79 Å². The zero-order chi connectivity index (χ0) is 19.5. The average Bonchev–Trinajstić information content (AvgIpc) is 3.34. The SMILES string of the molecule is O=C(OCC(=O)N1CCc2sccc2C1)c1ccc(CN2CCCC2=O)cc1. The van der Waals surface area contributed by atoms with Gasteiger partial charge in [0.1, 0.15) is 0 Å². The van der Waals surface area contributed by atoms with Crippen molar-refractivity contribution in [3.8, 4) is 0 Å². The number of carbonyl (C=O) groups excluding carboxylic acids is 3. The Labute approximate surface area is 167 Å². The Hall–Kier alpha value is -2.67. The number of esters is 1. The highest BCUT2D eigenvalue weighted by Crippen LogP contribution is 2.24. The second-order valence-corrected chi connectivity index (χ2v) is 8.13. The lowest BCUT2D eigenvalue weighted by atomic mass is 10.1. The second kappa shape index (κ2) is 8.14. The van der Waals surface area contributed by atoms with Crippen molar-refractivity contribution in [1.82, 2.24) is 9.80 Å². The maximum absolute atomic E-state index is 12.4. The Bertz CT molecular complexity index is 890. The normalized spacial score (nSPS) is 16.2. The minimum Gasteiger partial charge on any atom is -0.452 e. The van der Waals surface area contributed by atoms with Gasteiger partial charge in [-0.3, -0.25) is 9.59 Å². The molecule has 1 aromatic heterocycles. The molecule has 0 atom stereocenters. The number of fused-ring (bicyclic) bond motifs is 1. The molecule has 2 aromatic rings. The van der Waals surface area contributed by atoms with E-state index >= 15 is 0 Å². The van der Waals surface area contributed by atoms with Crippen LogP contribution in [0.5, 0.6) is 0 Å². The standard InChI is InChI=1S/C21H22N2O4S/c24-19-2-1-9-22(19)12-15-3-5-16(6-4-15)21(26)27-14-20(25)23-10-7-18-17(13-23)8-11-28-18/h3-6,8,11H,1-2,7,9-10,12-14H2. The van der Waals surface area contributed by atoms with E-state index in [2.05, 4.69) is 0 Å². The lowest BCUT2D eigenvalue weighted by Crippen LogP contribution is -2.38. The summed E-state index contributed by atoms with van der Waals surface area (Å²) in [6, 6.07) is 9.06. The molecule has 0 unspecified atom stereocenters. The number of ether oxygens (including phenoxy) is 1. The molecule has 6 nitrogen and oxygen atoms in total. The summed E-state index contributed by atoms with van der Waals surface area (Å²) in [4.78, 5) is 41.2. The molecule has 7 heteroatoms. The minimum absolute atomic E-state index is 0.172. The largest absolute Gasteiger partial charge is 0.452 e. The third kappa shape index (κ3) is 4.09. The van der Waals surface area contributed by atoms with Gasteiger partial charge in [0.15, 0.2) is 6.61 Å². The molecule has 2 aliphatic heterocycles. The first-order chi connectivity index (χ1) is 13.6. The van der Waals surface area contributed by atoms with Crippen molar-refractivity contribution in [3.63, 3.8) is 0 Å². The zero-order valence-electron chi connectivity index (χ0n) is 15.6. The Balaban J connectivity index is 1.28. The van der Waals surface area contributed by atoms with Crippen LogP contribution < -0.4 is 0 Å². The van der Waals surface area contributed by atoms with E-state index in [9.17, 15) is 14.4 Å². The number of amides is 2. The first kappa shape index (κ1) is 18.7. The number of benzene rings is 1. The monoisotopic (exact) mass is 398 g/mol. The van der Waals surface area contributed by atoms with Crippen molar-refractivity contribution in [1.29, 1.82) is 0 Å². The summed E-state index contributed by atoms with van der Waals surface area (Å²) in [5.41, 5.74) is 2.56. The molecule has 2 aliphatic rings. The van der Waals surface area contributed by atoms with Crippen LogP contribution in [0.25, 0.3) is 0 Å². The number of hydrogen-bond donors (Lipinski definition) is 0. The third-order valence-electron chi connectivity index (χ3n) is 5.22. The summed E-state index contributed by atoms with van der Waals surface area (Å²) in [5.74, 6) is -0.506. The molecule has 146 valence electrons. The molecule has 1 aromatic carbocycles. The van der Waals surface area contributed by atoms with E-state index < -0.39 is 5.97 Å². The predicted molar refractivity (Wildman–Crippen MR) is 105 cm³/mol. The highest BCUT2D eigenvalue weighted by Gasteiger charge is 2.23. The summed E-state index contributed by atoms with van der Waals surface area (Å²) >= 11 is 1.72. The van der Waals surface area contributed by atoms with Crippen LogP contribution in [-0.2, 0) is 33.8 Å². The highest BCUT2D eigenvalue weighted by atomic mass is 32.1. The van der Waals surface area contributed by atoms with Crippen LogP contribution >= 0.6 is 11.3 Å². The number of thiophene rings is 1. The predicted octanol–water partition coefficient (Wildman–Crippen LogP) is 2.61. The molecule has 28 heavy (non-hydrogen) atoms. The van der Waals surface area contributed by atoms with Crippen molar-refractivity contribution >= 4 is 29.1 Å². The first-order valence-electron chi connectivity index (χ1n) is 9.47. The topological polar surface area (TPSA) is 66.9 Å². The van der Waals surface area contributed by atoms with Gasteiger partial charge >= 0.3 is 5.97 Å². The van der Waals surface area contributed by atoms with E-state index in [0.29, 0.717) is 31.6 Å². The first-order valence-corrected chi connectivity index (χ1v) is 10.3. The van der Waals surface area contributed by atoms with E-state index in [4.69, 9.17) is 4.74 Å². The highest BCUT2D eigenvalue weighted by molar-refractivity contribution is 7.10. The number of nitrogens with zero attached hydrogens (tertiary/aromatic N) is 2. The quantitative estimate of drug-likeness (QED) is 0.726. The molecule has 3 heterocycles. The van der Waals surface area contributed by atoms with Gasteiger partial charge in [0.05, 0.1) is 5.56 Å². The summed E-state index contributed by atoms with van der Waals surface area (Å²) < 4.78 is 5.21. The van der Waals surface area contributed by atoms with Crippen LogP contribution in [0.4, 0.5) is 0 Å². The molecule has 0 N–H and O–H groups in total. The van der Waals surface area contributed by atoms with Crippen molar-refractivity contribution in [2.75, 3.05) is 19.7 Å². The molecule has 1 saturated heterocycles. The molecule has 0 radical (unpaired) electrons. The van der Waals surface area contributed by atoms with E-state index in [-0.39, 0.29) is 18.4 Å². The number of likely N-dealkylation sites (tertiary alicyclic amines) is 1. The van der Waals surface area contributed by atoms with E-state index in [0.717, 1.165) is 24.9 Å². The van der Waals surface area contributed by atoms with Gasteiger partial charge in [0.2, 0.25) is 5.91 Å². The molecule has 0 aliphatic carbocycles. The summed E-state index contributed by atoms with van der Waals surface area (Å²) in [7, 11) is 0. The van der Waals surface area contributed by atoms with Gasteiger partial charge in [-0.05, 0) is 47.5 Å². The fourth-order valence-electron chi connectivity index (χ4n) is 3.60. The molecule has 0 bridgehead atoms. The number of carbonyl (C=O) groups is 3. The lowest BCUT2D eigenvalue weighted by molar-refractivity contribution is -0.135. The van der Waals surface area contributed by atoms with E-state index in [1.54, 1.807) is 28.4 Å². The lowest BCUT2D eigenvalue weighted by Gasteiger charge is -2.26. The van der Waals surface area contributed by atoms with Gasteiger partial charge in [-0.15, -0.1) is 11.3 Å². The third-order valence-corrected chi connectivity index (χ3v) is 6.24. The number of hydrogen-bond acceptors (Lipinski definition) is 5. The zero-order valence-corrected chi connectivity index (χ0v) is 16.4. The fraction of sp³-hybridized carbons (Fsp3) is 0.381. The van der Waals surface area contributed by atoms with Crippen molar-refractivity contribution < 1.29 is 19.1 Å². The molecular formula is C21H22N2O4S. The van der Waals surface area contributed by atoms with Crippen molar-refractivity contribution in [2.45, 2.75) is 32.4 Å². The Morgan fingerprint density at radius 1 is 1.07 bits per heavy atom.